The van der Waals surface area contributed by atoms with Crippen LogP contribution in [0.25, 0.3) is 0 Å². The van der Waals surface area contributed by atoms with Crippen LogP contribution in [-0.2, 0) is 6.42 Å². The molecule has 68 valence electrons. The van der Waals surface area contributed by atoms with E-state index in [4.69, 9.17) is 0 Å². The molecule has 0 radical (unpaired) electrons. The molecule has 0 atom stereocenters. The first kappa shape index (κ1) is 9.75. The summed E-state index contributed by atoms with van der Waals surface area (Å²) < 4.78 is 0. The predicted octanol–water partition coefficient (Wildman–Crippen LogP) is 2.47. The van der Waals surface area contributed by atoms with Gasteiger partial charge in [-0.15, -0.1) is 11.3 Å². The predicted molar refractivity (Wildman–Crippen MR) is 56.1 cm³/mol. The smallest absolute Gasteiger partial charge is 0.00495 e. The van der Waals surface area contributed by atoms with Crippen molar-refractivity contribution in [3.8, 4) is 0 Å². The Morgan fingerprint density at radius 1 is 1.33 bits per heavy atom. The standard InChI is InChI=1S/C10H17NS/c1-8-7-10(9(2)12-8)5-6-11(3)4/h7H,5-6H2,1-4H3. The van der Waals surface area contributed by atoms with Gasteiger partial charge in [0.05, 0.1) is 0 Å². The second kappa shape index (κ2) is 4.06. The summed E-state index contributed by atoms with van der Waals surface area (Å²) in [5, 5.41) is 0. The Kier molecular flexibility index (Phi) is 3.29. The second-order valence-corrected chi connectivity index (χ2v) is 4.95. The number of aryl methyl sites for hydroxylation is 2. The fraction of sp³-hybridized carbons (Fsp3) is 0.600. The molecule has 0 aliphatic carbocycles. The molecule has 1 aromatic heterocycles. The van der Waals surface area contributed by atoms with Crippen LogP contribution >= 0.6 is 11.3 Å². The summed E-state index contributed by atoms with van der Waals surface area (Å²) in [5.74, 6) is 0. The molecular formula is C10H17NS. The lowest BCUT2D eigenvalue weighted by atomic mass is 10.2. The molecule has 12 heavy (non-hydrogen) atoms. The zero-order valence-electron chi connectivity index (χ0n) is 8.35. The van der Waals surface area contributed by atoms with Crippen LogP contribution in [-0.4, -0.2) is 25.5 Å². The summed E-state index contributed by atoms with van der Waals surface area (Å²) >= 11 is 1.90. The molecular weight excluding hydrogens is 166 g/mol. The topological polar surface area (TPSA) is 3.24 Å². The highest BCUT2D eigenvalue weighted by Gasteiger charge is 2.02. The molecule has 1 aromatic rings. The highest BCUT2D eigenvalue weighted by atomic mass is 32.1. The van der Waals surface area contributed by atoms with E-state index in [1.54, 1.807) is 0 Å². The molecule has 0 aromatic carbocycles. The minimum Gasteiger partial charge on any atom is -0.309 e. The molecule has 0 saturated carbocycles. The van der Waals surface area contributed by atoms with Crippen LogP contribution < -0.4 is 0 Å². The SMILES string of the molecule is Cc1cc(CCN(C)C)c(C)s1. The Labute approximate surface area is 79.0 Å². The van der Waals surface area contributed by atoms with E-state index in [0.29, 0.717) is 0 Å². The van der Waals surface area contributed by atoms with E-state index in [2.05, 4.69) is 38.9 Å². The maximum atomic E-state index is 2.31. The highest BCUT2D eigenvalue weighted by Crippen LogP contribution is 2.20. The molecule has 1 heterocycles. The monoisotopic (exact) mass is 183 g/mol. The van der Waals surface area contributed by atoms with Gasteiger partial charge < -0.3 is 4.90 Å². The van der Waals surface area contributed by atoms with Gasteiger partial charge in [0.15, 0.2) is 0 Å². The summed E-state index contributed by atoms with van der Waals surface area (Å²) in [4.78, 5) is 5.14. The Balaban J connectivity index is 2.57. The summed E-state index contributed by atoms with van der Waals surface area (Å²) in [6.07, 6.45) is 1.18. The van der Waals surface area contributed by atoms with Crippen molar-refractivity contribution in [1.29, 1.82) is 0 Å². The molecule has 0 spiro atoms. The Morgan fingerprint density at radius 3 is 2.42 bits per heavy atom. The van der Waals surface area contributed by atoms with Crippen molar-refractivity contribution in [2.24, 2.45) is 0 Å². The van der Waals surface area contributed by atoms with Crippen molar-refractivity contribution in [2.45, 2.75) is 20.3 Å². The number of hydrogen-bond donors (Lipinski definition) is 0. The third kappa shape index (κ3) is 2.61. The Bertz CT molecular complexity index is 250. The maximum Gasteiger partial charge on any atom is 0.00495 e. The molecule has 0 amide bonds. The Hall–Kier alpha value is -0.340. The van der Waals surface area contributed by atoms with Gasteiger partial charge in [-0.1, -0.05) is 0 Å². The molecule has 0 unspecified atom stereocenters. The lowest BCUT2D eigenvalue weighted by Gasteiger charge is -2.08. The van der Waals surface area contributed by atoms with Crippen molar-refractivity contribution in [3.05, 3.63) is 21.4 Å². The fourth-order valence-corrected chi connectivity index (χ4v) is 2.25. The van der Waals surface area contributed by atoms with Gasteiger partial charge in [-0.05, 0) is 46.0 Å². The summed E-state index contributed by atoms with van der Waals surface area (Å²) in [7, 11) is 4.24. The fourth-order valence-electron chi connectivity index (χ4n) is 1.28. The van der Waals surface area contributed by atoms with E-state index in [9.17, 15) is 0 Å². The quantitative estimate of drug-likeness (QED) is 0.696. The van der Waals surface area contributed by atoms with Gasteiger partial charge in [0.1, 0.15) is 0 Å². The molecule has 0 bridgehead atoms. The molecule has 1 rings (SSSR count). The van der Waals surface area contributed by atoms with Crippen molar-refractivity contribution in [1.82, 2.24) is 4.90 Å². The van der Waals surface area contributed by atoms with Gasteiger partial charge in [-0.3, -0.25) is 0 Å². The zero-order valence-corrected chi connectivity index (χ0v) is 9.16. The molecule has 0 fully saturated rings. The number of likely N-dealkylation sites (N-methyl/N-ethyl adjacent to an activating group) is 1. The number of nitrogens with zero attached hydrogens (tertiary/aromatic N) is 1. The van der Waals surface area contributed by atoms with Crippen LogP contribution in [0.5, 0.6) is 0 Å². The molecule has 1 nitrogen and oxygen atoms in total. The molecule has 0 N–H and O–H groups in total. The third-order valence-electron chi connectivity index (χ3n) is 1.97. The van der Waals surface area contributed by atoms with E-state index in [-0.39, 0.29) is 0 Å². The van der Waals surface area contributed by atoms with Gasteiger partial charge >= 0.3 is 0 Å². The molecule has 0 aliphatic heterocycles. The van der Waals surface area contributed by atoms with Gasteiger partial charge in [0.25, 0.3) is 0 Å². The van der Waals surface area contributed by atoms with Crippen LogP contribution in [0.2, 0.25) is 0 Å². The van der Waals surface area contributed by atoms with Crippen LogP contribution in [0.15, 0.2) is 6.07 Å². The Morgan fingerprint density at radius 2 is 2.00 bits per heavy atom. The average Bonchev–Trinajstić information content (AvgIpc) is 2.26. The van der Waals surface area contributed by atoms with Crippen molar-refractivity contribution in [3.63, 3.8) is 0 Å². The number of thiophene rings is 1. The van der Waals surface area contributed by atoms with Crippen molar-refractivity contribution < 1.29 is 0 Å². The maximum absolute atomic E-state index is 2.31. The second-order valence-electron chi connectivity index (χ2n) is 3.49. The van der Waals surface area contributed by atoms with Crippen LogP contribution in [0.4, 0.5) is 0 Å². The van der Waals surface area contributed by atoms with Gasteiger partial charge in [-0.2, -0.15) is 0 Å². The first-order chi connectivity index (χ1) is 5.59. The summed E-state index contributed by atoms with van der Waals surface area (Å²) in [5.41, 5.74) is 1.52. The number of rotatable bonds is 3. The van der Waals surface area contributed by atoms with E-state index in [1.165, 1.54) is 21.7 Å². The lowest BCUT2D eigenvalue weighted by Crippen LogP contribution is -2.15. The van der Waals surface area contributed by atoms with Crippen molar-refractivity contribution >= 4 is 11.3 Å². The van der Waals surface area contributed by atoms with Crippen LogP contribution in [0, 0.1) is 13.8 Å². The molecule has 0 aliphatic rings. The largest absolute Gasteiger partial charge is 0.309 e. The van der Waals surface area contributed by atoms with Gasteiger partial charge in [0.2, 0.25) is 0 Å². The van der Waals surface area contributed by atoms with Gasteiger partial charge in [-0.25, -0.2) is 0 Å². The lowest BCUT2D eigenvalue weighted by molar-refractivity contribution is 0.413. The van der Waals surface area contributed by atoms with E-state index < -0.39 is 0 Å². The minimum absolute atomic E-state index is 1.15. The zero-order chi connectivity index (χ0) is 9.14. The molecule has 2 heteroatoms. The van der Waals surface area contributed by atoms with Crippen LogP contribution in [0.1, 0.15) is 15.3 Å². The van der Waals surface area contributed by atoms with Crippen LogP contribution in [0.3, 0.4) is 0 Å². The van der Waals surface area contributed by atoms with E-state index in [0.717, 1.165) is 6.54 Å². The third-order valence-corrected chi connectivity index (χ3v) is 2.98. The first-order valence-corrected chi connectivity index (χ1v) is 5.12. The summed E-state index contributed by atoms with van der Waals surface area (Å²) in [6, 6.07) is 2.31. The van der Waals surface area contributed by atoms with Crippen molar-refractivity contribution in [2.75, 3.05) is 20.6 Å². The first-order valence-electron chi connectivity index (χ1n) is 4.30. The van der Waals surface area contributed by atoms with E-state index >= 15 is 0 Å². The number of hydrogen-bond acceptors (Lipinski definition) is 2. The highest BCUT2D eigenvalue weighted by molar-refractivity contribution is 7.12. The molecule has 0 saturated heterocycles. The normalized spacial score (nSPS) is 11.1. The van der Waals surface area contributed by atoms with E-state index in [1.807, 2.05) is 11.3 Å². The minimum atomic E-state index is 1.15. The summed E-state index contributed by atoms with van der Waals surface area (Å²) in [6.45, 7) is 5.54. The van der Waals surface area contributed by atoms with Gasteiger partial charge in [0, 0.05) is 16.3 Å². The average molecular weight is 183 g/mol.